The van der Waals surface area contributed by atoms with Crippen molar-refractivity contribution < 1.29 is 18.3 Å². The molecule has 0 saturated carbocycles. The lowest BCUT2D eigenvalue weighted by atomic mass is 10.1. The Labute approximate surface area is 179 Å². The molecule has 0 bridgehead atoms. The number of nitrogens with one attached hydrogen (secondary N) is 1. The molecule has 4 aromatic rings. The van der Waals surface area contributed by atoms with E-state index in [9.17, 15) is 18.4 Å². The Morgan fingerprint density at radius 1 is 1.23 bits per heavy atom. The maximum absolute atomic E-state index is 14.3. The highest BCUT2D eigenvalue weighted by molar-refractivity contribution is 7.12. The molecule has 158 valence electrons. The van der Waals surface area contributed by atoms with Crippen LogP contribution >= 0.6 is 11.3 Å². The van der Waals surface area contributed by atoms with Crippen LogP contribution in [0.5, 0.6) is 5.75 Å². The molecule has 1 amide bonds. The minimum atomic E-state index is -1.14. The molecule has 0 saturated heterocycles. The van der Waals surface area contributed by atoms with E-state index in [1.807, 2.05) is 0 Å². The molecule has 0 unspecified atom stereocenters. The van der Waals surface area contributed by atoms with E-state index >= 15 is 0 Å². The number of rotatable bonds is 5. The minimum absolute atomic E-state index is 0.0468. The standard InChI is InChI=1S/C22H17F2N3O3S/c1-12-21(31-11-25-12)22(29)27(14-4-3-5-15(9-14)30-2)10-13-8-18(28)26-20-16(13)6-7-17(23)19(20)24/h3-9,11H,10H2,1-2H3,(H,26,28). The second kappa shape index (κ2) is 8.27. The van der Waals surface area contributed by atoms with Gasteiger partial charge in [-0.15, -0.1) is 11.3 Å². The molecule has 2 aromatic heterocycles. The fourth-order valence-corrected chi connectivity index (χ4v) is 4.08. The first-order chi connectivity index (χ1) is 14.9. The summed E-state index contributed by atoms with van der Waals surface area (Å²) in [5, 5.41) is 0.306. The zero-order valence-corrected chi connectivity index (χ0v) is 17.4. The smallest absolute Gasteiger partial charge is 0.270 e. The Bertz CT molecular complexity index is 1350. The molecule has 0 aliphatic carbocycles. The zero-order valence-electron chi connectivity index (χ0n) is 16.6. The van der Waals surface area contributed by atoms with Crippen LogP contribution in [0.2, 0.25) is 0 Å². The van der Waals surface area contributed by atoms with Crippen molar-refractivity contribution in [2.45, 2.75) is 13.5 Å². The quantitative estimate of drug-likeness (QED) is 0.497. The fourth-order valence-electron chi connectivity index (χ4n) is 3.33. The number of aromatic nitrogens is 2. The number of carbonyl (C=O) groups excluding carboxylic acids is 1. The number of nitrogens with zero attached hydrogens (tertiary/aromatic N) is 2. The van der Waals surface area contributed by atoms with Gasteiger partial charge in [0.25, 0.3) is 5.91 Å². The van der Waals surface area contributed by atoms with E-state index in [2.05, 4.69) is 9.97 Å². The van der Waals surface area contributed by atoms with Gasteiger partial charge in [0.1, 0.15) is 10.6 Å². The van der Waals surface area contributed by atoms with Crippen LogP contribution in [-0.4, -0.2) is 23.0 Å². The van der Waals surface area contributed by atoms with Crippen molar-refractivity contribution in [3.63, 3.8) is 0 Å². The summed E-state index contributed by atoms with van der Waals surface area (Å²) in [6, 6.07) is 10.5. The van der Waals surface area contributed by atoms with Crippen LogP contribution in [-0.2, 0) is 6.54 Å². The van der Waals surface area contributed by atoms with Crippen molar-refractivity contribution in [3.05, 3.63) is 86.1 Å². The van der Waals surface area contributed by atoms with E-state index in [-0.39, 0.29) is 18.0 Å². The van der Waals surface area contributed by atoms with E-state index in [0.29, 0.717) is 33.0 Å². The minimum Gasteiger partial charge on any atom is -0.497 e. The number of ether oxygens (including phenoxy) is 1. The Kier molecular flexibility index (Phi) is 5.51. The molecule has 0 fully saturated rings. The highest BCUT2D eigenvalue weighted by Gasteiger charge is 2.24. The topological polar surface area (TPSA) is 75.3 Å². The van der Waals surface area contributed by atoms with Crippen molar-refractivity contribution in [3.8, 4) is 5.75 Å². The molecule has 0 aliphatic heterocycles. The molecule has 2 aromatic carbocycles. The third-order valence-corrected chi connectivity index (χ3v) is 5.79. The van der Waals surface area contributed by atoms with Gasteiger partial charge in [-0.2, -0.15) is 0 Å². The number of methoxy groups -OCH3 is 1. The van der Waals surface area contributed by atoms with E-state index < -0.39 is 17.2 Å². The summed E-state index contributed by atoms with van der Waals surface area (Å²) in [4.78, 5) is 33.9. The predicted molar refractivity (Wildman–Crippen MR) is 115 cm³/mol. The molecule has 1 N–H and O–H groups in total. The van der Waals surface area contributed by atoms with Gasteiger partial charge in [0.15, 0.2) is 11.6 Å². The maximum Gasteiger partial charge on any atom is 0.270 e. The Balaban J connectivity index is 1.87. The Morgan fingerprint density at radius 3 is 2.74 bits per heavy atom. The molecule has 31 heavy (non-hydrogen) atoms. The second-order valence-corrected chi connectivity index (χ2v) is 7.66. The van der Waals surface area contributed by atoms with Crippen molar-refractivity contribution in [1.82, 2.24) is 9.97 Å². The van der Waals surface area contributed by atoms with E-state index in [1.54, 1.807) is 36.7 Å². The average molecular weight is 441 g/mol. The van der Waals surface area contributed by atoms with Crippen LogP contribution in [0.3, 0.4) is 0 Å². The van der Waals surface area contributed by atoms with Gasteiger partial charge in [-0.25, -0.2) is 13.8 Å². The van der Waals surface area contributed by atoms with Crippen LogP contribution in [0.4, 0.5) is 14.5 Å². The molecule has 9 heteroatoms. The van der Waals surface area contributed by atoms with E-state index in [4.69, 9.17) is 4.74 Å². The van der Waals surface area contributed by atoms with Crippen LogP contribution in [0, 0.1) is 18.6 Å². The van der Waals surface area contributed by atoms with Gasteiger partial charge in [0, 0.05) is 23.2 Å². The predicted octanol–water partition coefficient (Wildman–Crippen LogP) is 4.43. The Hall–Kier alpha value is -3.59. The first-order valence-corrected chi connectivity index (χ1v) is 10.1. The van der Waals surface area contributed by atoms with Crippen LogP contribution < -0.4 is 15.2 Å². The van der Waals surface area contributed by atoms with E-state index in [0.717, 1.165) is 6.07 Å². The molecule has 0 radical (unpaired) electrons. The Morgan fingerprint density at radius 2 is 2.03 bits per heavy atom. The van der Waals surface area contributed by atoms with Crippen LogP contribution in [0.1, 0.15) is 20.9 Å². The van der Waals surface area contributed by atoms with E-state index in [1.165, 1.54) is 35.5 Å². The molecule has 0 aliphatic rings. The van der Waals surface area contributed by atoms with Crippen molar-refractivity contribution in [2.24, 2.45) is 0 Å². The first-order valence-electron chi connectivity index (χ1n) is 9.25. The van der Waals surface area contributed by atoms with Gasteiger partial charge < -0.3 is 14.6 Å². The van der Waals surface area contributed by atoms with Crippen molar-refractivity contribution >= 4 is 33.8 Å². The molecule has 4 rings (SSSR count). The number of hydrogen-bond acceptors (Lipinski definition) is 5. The van der Waals surface area contributed by atoms with Gasteiger partial charge >= 0.3 is 0 Å². The van der Waals surface area contributed by atoms with Gasteiger partial charge in [-0.05, 0) is 36.8 Å². The van der Waals surface area contributed by atoms with Gasteiger partial charge in [-0.3, -0.25) is 9.59 Å². The summed E-state index contributed by atoms with van der Waals surface area (Å²) in [6.07, 6.45) is 0. The first kappa shape index (κ1) is 20.7. The summed E-state index contributed by atoms with van der Waals surface area (Å²) in [6.45, 7) is 1.68. The third kappa shape index (κ3) is 3.91. The summed E-state index contributed by atoms with van der Waals surface area (Å²) in [5.74, 6) is -2.00. The number of benzene rings is 2. The number of amides is 1. The monoisotopic (exact) mass is 441 g/mol. The number of anilines is 1. The fraction of sp³-hybridized carbons (Fsp3) is 0.136. The largest absolute Gasteiger partial charge is 0.497 e. The zero-order chi connectivity index (χ0) is 22.1. The summed E-state index contributed by atoms with van der Waals surface area (Å²) >= 11 is 1.20. The summed E-state index contributed by atoms with van der Waals surface area (Å²) in [5.41, 5.74) is 2.21. The third-order valence-electron chi connectivity index (χ3n) is 4.87. The highest BCUT2D eigenvalue weighted by atomic mass is 32.1. The number of aromatic amines is 1. The molecular weight excluding hydrogens is 424 g/mol. The summed E-state index contributed by atoms with van der Waals surface area (Å²) < 4.78 is 33.3. The van der Waals surface area contributed by atoms with Crippen LogP contribution in [0.25, 0.3) is 10.9 Å². The van der Waals surface area contributed by atoms with Crippen LogP contribution in [0.15, 0.2) is 52.8 Å². The lowest BCUT2D eigenvalue weighted by Gasteiger charge is -2.24. The normalized spacial score (nSPS) is 11.0. The molecule has 2 heterocycles. The number of thiazole rings is 1. The van der Waals surface area contributed by atoms with Gasteiger partial charge in [0.05, 0.1) is 30.4 Å². The number of hydrogen-bond donors (Lipinski definition) is 1. The van der Waals surface area contributed by atoms with Crippen molar-refractivity contribution in [1.29, 1.82) is 0 Å². The molecule has 0 spiro atoms. The van der Waals surface area contributed by atoms with Crippen molar-refractivity contribution in [2.75, 3.05) is 12.0 Å². The number of halogens is 2. The number of aryl methyl sites for hydroxylation is 1. The average Bonchev–Trinajstić information content (AvgIpc) is 3.20. The number of H-pyrrole nitrogens is 1. The lowest BCUT2D eigenvalue weighted by molar-refractivity contribution is 0.0988. The second-order valence-electron chi connectivity index (χ2n) is 6.80. The highest BCUT2D eigenvalue weighted by Crippen LogP contribution is 2.28. The van der Waals surface area contributed by atoms with Gasteiger partial charge in [-0.1, -0.05) is 6.07 Å². The maximum atomic E-state index is 14.3. The number of carbonyl (C=O) groups is 1. The molecule has 0 atom stereocenters. The number of fused-ring (bicyclic) bond motifs is 1. The number of pyridine rings is 1. The molecule has 6 nitrogen and oxygen atoms in total. The van der Waals surface area contributed by atoms with Gasteiger partial charge in [0.2, 0.25) is 5.56 Å². The SMILES string of the molecule is COc1cccc(N(Cc2cc(=O)[nH]c3c(F)c(F)ccc23)C(=O)c2scnc2C)c1. The summed E-state index contributed by atoms with van der Waals surface area (Å²) in [7, 11) is 1.51. The molecular formula is C22H17F2N3O3S. The lowest BCUT2D eigenvalue weighted by Crippen LogP contribution is -2.31.